The summed E-state index contributed by atoms with van der Waals surface area (Å²) in [4.78, 5) is 6.79. The lowest BCUT2D eigenvalue weighted by Gasteiger charge is -2.25. The Hall–Kier alpha value is -1.02. The summed E-state index contributed by atoms with van der Waals surface area (Å²) in [6, 6.07) is 7.63. The quantitative estimate of drug-likeness (QED) is 0.327. The smallest absolute Gasteiger partial charge is 0.191 e. The fourth-order valence-corrected chi connectivity index (χ4v) is 2.78. The Morgan fingerprint density at radius 1 is 1.35 bits per heavy atom. The van der Waals surface area contributed by atoms with Gasteiger partial charge in [-0.1, -0.05) is 19.1 Å². The number of likely N-dealkylation sites (N-methyl/N-ethyl adjacent to an activating group) is 1. The Balaban J connectivity index is 0.00000338. The van der Waals surface area contributed by atoms with E-state index in [1.54, 1.807) is 0 Å². The standard InChI is InChI=1S/C20H34N4O.HI/c1-6-11-25-19-12-15(2)7-8-17(19)14-23-20(21-4)22-13-16(3)24(5)18-9-10-18;/h7-8,12,16,18H,6,9-11,13-14H2,1-5H3,(H2,21,22,23);1H. The second-order valence-electron chi connectivity index (χ2n) is 7.01. The van der Waals surface area contributed by atoms with E-state index >= 15 is 0 Å². The Labute approximate surface area is 176 Å². The van der Waals surface area contributed by atoms with E-state index < -0.39 is 0 Å². The van der Waals surface area contributed by atoms with Gasteiger partial charge in [-0.2, -0.15) is 0 Å². The number of benzene rings is 1. The normalized spacial score (nSPS) is 15.4. The maximum atomic E-state index is 5.89. The van der Waals surface area contributed by atoms with E-state index in [1.165, 1.54) is 18.4 Å². The van der Waals surface area contributed by atoms with E-state index in [0.717, 1.165) is 42.9 Å². The first-order chi connectivity index (χ1) is 12.0. The van der Waals surface area contributed by atoms with Crippen LogP contribution in [0.5, 0.6) is 5.75 Å². The van der Waals surface area contributed by atoms with E-state index in [4.69, 9.17) is 4.74 Å². The number of halogens is 1. The number of guanidine groups is 1. The first kappa shape index (κ1) is 23.0. The molecule has 0 radical (unpaired) electrons. The van der Waals surface area contributed by atoms with Crippen molar-refractivity contribution in [1.82, 2.24) is 15.5 Å². The molecule has 0 amide bonds. The Kier molecular flexibility index (Phi) is 10.3. The summed E-state index contributed by atoms with van der Waals surface area (Å²) >= 11 is 0. The van der Waals surface area contributed by atoms with Gasteiger partial charge >= 0.3 is 0 Å². The molecule has 26 heavy (non-hydrogen) atoms. The Bertz CT molecular complexity index is 575. The van der Waals surface area contributed by atoms with Crippen molar-refractivity contribution in [1.29, 1.82) is 0 Å². The molecule has 2 N–H and O–H groups in total. The molecular weight excluding hydrogens is 439 g/mol. The van der Waals surface area contributed by atoms with Crippen molar-refractivity contribution in [2.75, 3.05) is 27.2 Å². The second kappa shape index (κ2) is 11.6. The average molecular weight is 474 g/mol. The molecule has 0 spiro atoms. The van der Waals surface area contributed by atoms with Gasteiger partial charge in [0.15, 0.2) is 5.96 Å². The van der Waals surface area contributed by atoms with Crippen LogP contribution in [-0.2, 0) is 6.54 Å². The number of aliphatic imine (C=N–C) groups is 1. The summed E-state index contributed by atoms with van der Waals surface area (Å²) in [5.74, 6) is 1.80. The highest BCUT2D eigenvalue weighted by Crippen LogP contribution is 2.26. The van der Waals surface area contributed by atoms with Gasteiger partial charge in [0.2, 0.25) is 0 Å². The molecule has 0 saturated heterocycles. The largest absolute Gasteiger partial charge is 0.493 e. The van der Waals surface area contributed by atoms with Gasteiger partial charge in [0.1, 0.15) is 5.75 Å². The van der Waals surface area contributed by atoms with Crippen molar-refractivity contribution < 1.29 is 4.74 Å². The fraction of sp³-hybridized carbons (Fsp3) is 0.650. The third kappa shape index (κ3) is 7.31. The van der Waals surface area contributed by atoms with Gasteiger partial charge in [0.25, 0.3) is 0 Å². The van der Waals surface area contributed by atoms with Gasteiger partial charge in [-0.15, -0.1) is 24.0 Å². The monoisotopic (exact) mass is 474 g/mol. The van der Waals surface area contributed by atoms with Crippen LogP contribution in [0.2, 0.25) is 0 Å². The van der Waals surface area contributed by atoms with Crippen molar-refractivity contribution in [3.63, 3.8) is 0 Å². The zero-order valence-corrected chi connectivity index (χ0v) is 19.2. The van der Waals surface area contributed by atoms with Crippen LogP contribution >= 0.6 is 24.0 Å². The Morgan fingerprint density at radius 2 is 2.08 bits per heavy atom. The molecule has 1 fully saturated rings. The molecule has 0 aromatic heterocycles. The maximum Gasteiger partial charge on any atom is 0.191 e. The number of aryl methyl sites for hydroxylation is 1. The molecule has 2 rings (SSSR count). The SMILES string of the molecule is CCCOc1cc(C)ccc1CNC(=NC)NCC(C)N(C)C1CC1.I. The first-order valence-electron chi connectivity index (χ1n) is 9.44. The van der Waals surface area contributed by atoms with Crippen LogP contribution in [0.3, 0.4) is 0 Å². The van der Waals surface area contributed by atoms with Gasteiger partial charge in [0.05, 0.1) is 6.61 Å². The number of rotatable bonds is 9. The number of nitrogens with one attached hydrogen (secondary N) is 2. The first-order valence-corrected chi connectivity index (χ1v) is 9.44. The second-order valence-corrected chi connectivity index (χ2v) is 7.01. The van der Waals surface area contributed by atoms with E-state index in [2.05, 4.69) is 66.5 Å². The van der Waals surface area contributed by atoms with Crippen LogP contribution in [-0.4, -0.2) is 50.2 Å². The number of nitrogens with zero attached hydrogens (tertiary/aromatic N) is 2. The zero-order chi connectivity index (χ0) is 18.2. The molecule has 0 bridgehead atoms. The topological polar surface area (TPSA) is 48.9 Å². The van der Waals surface area contributed by atoms with Gasteiger partial charge in [-0.3, -0.25) is 9.89 Å². The minimum Gasteiger partial charge on any atom is -0.493 e. The molecule has 1 saturated carbocycles. The lowest BCUT2D eigenvalue weighted by atomic mass is 10.1. The van der Waals surface area contributed by atoms with Crippen LogP contribution < -0.4 is 15.4 Å². The fourth-order valence-electron chi connectivity index (χ4n) is 2.78. The third-order valence-corrected chi connectivity index (χ3v) is 4.74. The van der Waals surface area contributed by atoms with Gasteiger partial charge in [-0.05, 0) is 51.8 Å². The summed E-state index contributed by atoms with van der Waals surface area (Å²) in [6.45, 7) is 8.81. The summed E-state index contributed by atoms with van der Waals surface area (Å²) in [5.41, 5.74) is 2.37. The van der Waals surface area contributed by atoms with E-state index in [9.17, 15) is 0 Å². The minimum atomic E-state index is 0. The van der Waals surface area contributed by atoms with Crippen molar-refractivity contribution in [3.8, 4) is 5.75 Å². The Morgan fingerprint density at radius 3 is 2.69 bits per heavy atom. The molecular formula is C20H35IN4O. The third-order valence-electron chi connectivity index (χ3n) is 4.74. The van der Waals surface area contributed by atoms with Crippen LogP contribution in [0.4, 0.5) is 0 Å². The summed E-state index contributed by atoms with van der Waals surface area (Å²) in [7, 11) is 4.03. The van der Waals surface area contributed by atoms with E-state index in [1.807, 2.05) is 7.05 Å². The van der Waals surface area contributed by atoms with Crippen molar-refractivity contribution in [3.05, 3.63) is 29.3 Å². The molecule has 1 aliphatic carbocycles. The predicted molar refractivity (Wildman–Crippen MR) is 121 cm³/mol. The molecule has 1 aromatic carbocycles. The molecule has 5 nitrogen and oxygen atoms in total. The molecule has 0 heterocycles. The maximum absolute atomic E-state index is 5.89. The highest BCUT2D eigenvalue weighted by atomic mass is 127. The molecule has 1 atom stereocenters. The molecule has 0 aliphatic heterocycles. The number of ether oxygens (including phenoxy) is 1. The molecule has 148 valence electrons. The van der Waals surface area contributed by atoms with Crippen LogP contribution in [0.25, 0.3) is 0 Å². The predicted octanol–water partition coefficient (Wildman–Crippen LogP) is 3.55. The van der Waals surface area contributed by atoms with E-state index in [0.29, 0.717) is 12.6 Å². The lowest BCUT2D eigenvalue weighted by Crippen LogP contribution is -2.45. The minimum absolute atomic E-state index is 0. The van der Waals surface area contributed by atoms with E-state index in [-0.39, 0.29) is 24.0 Å². The van der Waals surface area contributed by atoms with Gasteiger partial charge < -0.3 is 15.4 Å². The van der Waals surface area contributed by atoms with Crippen molar-refractivity contribution in [2.24, 2.45) is 4.99 Å². The average Bonchev–Trinajstić information content (AvgIpc) is 3.45. The van der Waals surface area contributed by atoms with Crippen LogP contribution in [0.1, 0.15) is 44.2 Å². The summed E-state index contributed by atoms with van der Waals surface area (Å²) in [6.07, 6.45) is 3.68. The van der Waals surface area contributed by atoms with Crippen LogP contribution in [0.15, 0.2) is 23.2 Å². The lowest BCUT2D eigenvalue weighted by molar-refractivity contribution is 0.247. The summed E-state index contributed by atoms with van der Waals surface area (Å²) < 4.78 is 5.89. The molecule has 6 heteroatoms. The molecule has 1 unspecified atom stereocenters. The van der Waals surface area contributed by atoms with Crippen LogP contribution in [0, 0.1) is 6.92 Å². The molecule has 1 aromatic rings. The molecule has 1 aliphatic rings. The highest BCUT2D eigenvalue weighted by Gasteiger charge is 2.28. The number of hydrogen-bond acceptors (Lipinski definition) is 3. The van der Waals surface area contributed by atoms with Gasteiger partial charge in [-0.25, -0.2) is 0 Å². The summed E-state index contributed by atoms with van der Waals surface area (Å²) in [5, 5.41) is 6.83. The van der Waals surface area contributed by atoms with Crippen molar-refractivity contribution in [2.45, 2.75) is 58.7 Å². The zero-order valence-electron chi connectivity index (χ0n) is 16.8. The number of hydrogen-bond donors (Lipinski definition) is 2. The van der Waals surface area contributed by atoms with Gasteiger partial charge in [0, 0.05) is 37.8 Å². The van der Waals surface area contributed by atoms with Crippen molar-refractivity contribution >= 4 is 29.9 Å². The highest BCUT2D eigenvalue weighted by molar-refractivity contribution is 14.0.